The molecule has 1 aliphatic rings. The number of ketones is 1. The van der Waals surface area contributed by atoms with Crippen LogP contribution in [-0.2, 0) is 14.3 Å². The fourth-order valence-corrected chi connectivity index (χ4v) is 3.91. The Balaban J connectivity index is 1.94. The van der Waals surface area contributed by atoms with Gasteiger partial charge in [-0.2, -0.15) is 0 Å². The number of ether oxygens (including phenoxy) is 2. The largest absolute Gasteiger partial charge is 0.463 e. The fraction of sp³-hybridized carbons (Fsp3) is 0.304. The first-order chi connectivity index (χ1) is 15.6. The molecule has 0 aliphatic carbocycles. The summed E-state index contributed by atoms with van der Waals surface area (Å²) in [4.78, 5) is 52.5. The van der Waals surface area contributed by atoms with Gasteiger partial charge in [-0.1, -0.05) is 23.7 Å². The number of esters is 2. The Labute approximate surface area is 195 Å². The van der Waals surface area contributed by atoms with Crippen LogP contribution >= 0.6 is 11.6 Å². The molecule has 3 rings (SSSR count). The number of nitrogens with one attached hydrogen (secondary N) is 3. The quantitative estimate of drug-likeness (QED) is 0.417. The highest BCUT2D eigenvalue weighted by Gasteiger charge is 2.34. The number of Topliss-reactive ketones (excluding diaryl/α,β-unsaturated/α-hetero) is 1. The molecular weight excluding hydrogens is 450 g/mol. The number of hydrogen-bond acceptors (Lipinski definition) is 6. The molecule has 0 radical (unpaired) electrons. The Bertz CT molecular complexity index is 1150. The third-order valence-corrected chi connectivity index (χ3v) is 5.45. The summed E-state index contributed by atoms with van der Waals surface area (Å²) in [5.41, 5.74) is 2.38. The summed E-state index contributed by atoms with van der Waals surface area (Å²) < 4.78 is 10.6. The lowest BCUT2D eigenvalue weighted by atomic mass is 9.95. The molecule has 0 bridgehead atoms. The maximum atomic E-state index is 12.8. The number of amides is 2. The predicted octanol–water partition coefficient (Wildman–Crippen LogP) is 3.52. The van der Waals surface area contributed by atoms with Gasteiger partial charge in [0.2, 0.25) is 0 Å². The SMILES string of the molecule is CCOC(=O)C1=C(COC(=O)c2[nH]c(C)c(C(C)=O)c2C)NC(=O)N[C@H]1c1ccc(Cl)cc1. The zero-order valence-electron chi connectivity index (χ0n) is 18.6. The Kier molecular flexibility index (Phi) is 7.23. The van der Waals surface area contributed by atoms with E-state index < -0.39 is 30.6 Å². The van der Waals surface area contributed by atoms with E-state index in [0.717, 1.165) is 0 Å². The van der Waals surface area contributed by atoms with Gasteiger partial charge in [-0.05, 0) is 51.0 Å². The van der Waals surface area contributed by atoms with E-state index >= 15 is 0 Å². The molecule has 0 saturated heterocycles. The van der Waals surface area contributed by atoms with Gasteiger partial charge in [0.15, 0.2) is 5.78 Å². The molecule has 10 heteroatoms. The van der Waals surface area contributed by atoms with Gasteiger partial charge in [0.05, 0.1) is 23.9 Å². The average Bonchev–Trinajstić information content (AvgIpc) is 3.06. The molecule has 9 nitrogen and oxygen atoms in total. The van der Waals surface area contributed by atoms with Crippen LogP contribution in [0.4, 0.5) is 4.79 Å². The van der Waals surface area contributed by atoms with E-state index in [4.69, 9.17) is 21.1 Å². The van der Waals surface area contributed by atoms with Crippen LogP contribution in [0.2, 0.25) is 5.02 Å². The number of benzene rings is 1. The van der Waals surface area contributed by atoms with E-state index in [1.54, 1.807) is 45.0 Å². The molecule has 174 valence electrons. The molecular formula is C23H24ClN3O6. The number of rotatable bonds is 7. The van der Waals surface area contributed by atoms with Gasteiger partial charge < -0.3 is 25.1 Å². The monoisotopic (exact) mass is 473 g/mol. The Morgan fingerprint density at radius 3 is 2.30 bits per heavy atom. The third-order valence-electron chi connectivity index (χ3n) is 5.19. The van der Waals surface area contributed by atoms with Crippen molar-refractivity contribution in [1.29, 1.82) is 0 Å². The second-order valence-corrected chi connectivity index (χ2v) is 7.89. The summed E-state index contributed by atoms with van der Waals surface area (Å²) in [6.45, 7) is 6.13. The lowest BCUT2D eigenvalue weighted by Gasteiger charge is -2.29. The van der Waals surface area contributed by atoms with E-state index in [2.05, 4.69) is 15.6 Å². The number of hydrogen-bond donors (Lipinski definition) is 3. The number of halogens is 1. The van der Waals surface area contributed by atoms with Crippen molar-refractivity contribution in [2.24, 2.45) is 0 Å². The summed E-state index contributed by atoms with van der Waals surface area (Å²) in [5, 5.41) is 5.72. The molecule has 0 unspecified atom stereocenters. The molecule has 2 aromatic rings. The first-order valence-corrected chi connectivity index (χ1v) is 10.6. The minimum atomic E-state index is -0.831. The Hall–Kier alpha value is -3.59. The average molecular weight is 474 g/mol. The molecule has 2 heterocycles. The Morgan fingerprint density at radius 1 is 1.06 bits per heavy atom. The number of aryl methyl sites for hydroxylation is 1. The summed E-state index contributed by atoms with van der Waals surface area (Å²) in [6.07, 6.45) is 0. The van der Waals surface area contributed by atoms with Crippen LogP contribution < -0.4 is 10.6 Å². The third kappa shape index (κ3) is 5.09. The zero-order valence-corrected chi connectivity index (χ0v) is 19.4. The normalized spacial score (nSPS) is 15.5. The lowest BCUT2D eigenvalue weighted by molar-refractivity contribution is -0.139. The van der Waals surface area contributed by atoms with Crippen molar-refractivity contribution in [1.82, 2.24) is 15.6 Å². The molecule has 1 aromatic carbocycles. The van der Waals surface area contributed by atoms with Crippen molar-refractivity contribution in [3.05, 3.63) is 68.6 Å². The highest BCUT2D eigenvalue weighted by molar-refractivity contribution is 6.30. The molecule has 1 aromatic heterocycles. The predicted molar refractivity (Wildman–Crippen MR) is 120 cm³/mol. The van der Waals surface area contributed by atoms with Gasteiger partial charge in [-0.15, -0.1) is 0 Å². The van der Waals surface area contributed by atoms with E-state index in [1.807, 2.05) is 0 Å². The van der Waals surface area contributed by atoms with Crippen molar-refractivity contribution in [3.8, 4) is 0 Å². The fourth-order valence-electron chi connectivity index (χ4n) is 3.78. The Morgan fingerprint density at radius 2 is 1.73 bits per heavy atom. The van der Waals surface area contributed by atoms with Gasteiger partial charge >= 0.3 is 18.0 Å². The number of carbonyl (C=O) groups is 4. The molecule has 0 spiro atoms. The smallest absolute Gasteiger partial charge is 0.355 e. The van der Waals surface area contributed by atoms with Crippen molar-refractivity contribution in [2.75, 3.05) is 13.2 Å². The number of H-pyrrole nitrogens is 1. The van der Waals surface area contributed by atoms with E-state index in [1.165, 1.54) is 6.92 Å². The lowest BCUT2D eigenvalue weighted by Crippen LogP contribution is -2.47. The highest BCUT2D eigenvalue weighted by Crippen LogP contribution is 2.29. The maximum absolute atomic E-state index is 12.8. The first kappa shape index (κ1) is 24.1. The second kappa shape index (κ2) is 9.91. The van der Waals surface area contributed by atoms with Crippen molar-refractivity contribution >= 4 is 35.4 Å². The summed E-state index contributed by atoms with van der Waals surface area (Å²) in [7, 11) is 0. The minimum Gasteiger partial charge on any atom is -0.463 e. The van der Waals surface area contributed by atoms with Crippen molar-refractivity contribution in [3.63, 3.8) is 0 Å². The molecule has 0 saturated carbocycles. The molecule has 33 heavy (non-hydrogen) atoms. The second-order valence-electron chi connectivity index (χ2n) is 7.45. The summed E-state index contributed by atoms with van der Waals surface area (Å²) >= 11 is 5.96. The van der Waals surface area contributed by atoms with Gasteiger partial charge in [-0.3, -0.25) is 4.79 Å². The maximum Gasteiger partial charge on any atom is 0.355 e. The summed E-state index contributed by atoms with van der Waals surface area (Å²) in [5.74, 6) is -1.57. The molecule has 3 N–H and O–H groups in total. The van der Waals surface area contributed by atoms with Crippen LogP contribution in [0.25, 0.3) is 0 Å². The molecule has 2 amide bonds. The standard InChI is InChI=1S/C23H24ClN3O6/c1-5-32-21(29)18-16(26-23(31)27-20(18)14-6-8-15(24)9-7-14)10-33-22(30)19-11(2)17(13(4)28)12(3)25-19/h6-9,20,25H,5,10H2,1-4H3,(H2,26,27,31)/t20-/m0/s1. The number of urea groups is 1. The first-order valence-electron chi connectivity index (χ1n) is 10.2. The van der Waals surface area contributed by atoms with Gasteiger partial charge in [0.1, 0.15) is 12.3 Å². The van der Waals surface area contributed by atoms with E-state index in [9.17, 15) is 19.2 Å². The number of aromatic amines is 1. The summed E-state index contributed by atoms with van der Waals surface area (Å²) in [6, 6.07) is 5.22. The minimum absolute atomic E-state index is 0.0956. The van der Waals surface area contributed by atoms with Crippen LogP contribution in [0.3, 0.4) is 0 Å². The van der Waals surface area contributed by atoms with Crippen LogP contribution in [0.5, 0.6) is 0 Å². The number of aromatic nitrogens is 1. The molecule has 1 atom stereocenters. The van der Waals surface area contributed by atoms with Crippen molar-refractivity contribution < 1.29 is 28.7 Å². The molecule has 0 fully saturated rings. The van der Waals surface area contributed by atoms with E-state index in [0.29, 0.717) is 27.4 Å². The van der Waals surface area contributed by atoms with Crippen LogP contribution in [0, 0.1) is 13.8 Å². The van der Waals surface area contributed by atoms with Crippen molar-refractivity contribution in [2.45, 2.75) is 33.7 Å². The highest BCUT2D eigenvalue weighted by atomic mass is 35.5. The number of carbonyl (C=O) groups excluding carboxylic acids is 4. The van der Waals surface area contributed by atoms with Gasteiger partial charge in [0, 0.05) is 16.3 Å². The van der Waals surface area contributed by atoms with Crippen LogP contribution in [0.15, 0.2) is 35.5 Å². The molecule has 1 aliphatic heterocycles. The zero-order chi connectivity index (χ0) is 24.3. The van der Waals surface area contributed by atoms with Gasteiger partial charge in [-0.25, -0.2) is 14.4 Å². The van der Waals surface area contributed by atoms with Crippen LogP contribution in [-0.4, -0.2) is 42.0 Å². The van der Waals surface area contributed by atoms with Gasteiger partial charge in [0.25, 0.3) is 0 Å². The van der Waals surface area contributed by atoms with E-state index in [-0.39, 0.29) is 29.4 Å². The topological polar surface area (TPSA) is 127 Å². The van der Waals surface area contributed by atoms with Crippen LogP contribution in [0.1, 0.15) is 57.6 Å².